The number of benzene rings is 2. The molecule has 0 aliphatic rings. The SMILES string of the molecule is Nc1cccc(SCCOc2ccc(S(N)(=O)=O)cc2)c1. The highest BCUT2D eigenvalue weighted by Crippen LogP contribution is 2.20. The molecule has 0 aliphatic heterocycles. The topological polar surface area (TPSA) is 95.4 Å². The van der Waals surface area contributed by atoms with Gasteiger partial charge in [-0.1, -0.05) is 6.07 Å². The number of sulfonamides is 1. The number of nitrogen functional groups attached to an aromatic ring is 1. The zero-order chi connectivity index (χ0) is 15.3. The second kappa shape index (κ2) is 6.84. The molecule has 5 nitrogen and oxygen atoms in total. The Morgan fingerprint density at radius 2 is 1.81 bits per heavy atom. The third kappa shape index (κ3) is 4.96. The zero-order valence-corrected chi connectivity index (χ0v) is 12.9. The number of anilines is 1. The highest BCUT2D eigenvalue weighted by Gasteiger charge is 2.06. The molecular formula is C14H16N2O3S2. The summed E-state index contributed by atoms with van der Waals surface area (Å²) in [5, 5.41) is 5.02. The fourth-order valence-electron chi connectivity index (χ4n) is 1.65. The third-order valence-electron chi connectivity index (χ3n) is 2.63. The first-order chi connectivity index (χ1) is 9.95. The lowest BCUT2D eigenvalue weighted by atomic mass is 10.3. The van der Waals surface area contributed by atoms with E-state index in [-0.39, 0.29) is 4.90 Å². The molecule has 0 atom stereocenters. The molecule has 2 rings (SSSR count). The molecule has 0 fully saturated rings. The molecule has 0 amide bonds. The molecular weight excluding hydrogens is 308 g/mol. The maximum atomic E-state index is 11.1. The number of primary sulfonamides is 1. The van der Waals surface area contributed by atoms with Crippen LogP contribution in [-0.4, -0.2) is 20.8 Å². The van der Waals surface area contributed by atoms with Crippen molar-refractivity contribution in [3.8, 4) is 5.75 Å². The van der Waals surface area contributed by atoms with Crippen LogP contribution in [0.2, 0.25) is 0 Å². The van der Waals surface area contributed by atoms with Crippen LogP contribution in [0.1, 0.15) is 0 Å². The van der Waals surface area contributed by atoms with Crippen LogP contribution in [0.3, 0.4) is 0 Å². The van der Waals surface area contributed by atoms with Crippen LogP contribution < -0.4 is 15.6 Å². The van der Waals surface area contributed by atoms with Gasteiger partial charge in [-0.15, -0.1) is 11.8 Å². The Balaban J connectivity index is 1.81. The fourth-order valence-corrected chi connectivity index (χ4v) is 2.96. The maximum Gasteiger partial charge on any atom is 0.238 e. The predicted octanol–water partition coefficient (Wildman–Crippen LogP) is 2.09. The first kappa shape index (κ1) is 15.7. The fraction of sp³-hybridized carbons (Fsp3) is 0.143. The molecule has 112 valence electrons. The molecule has 0 radical (unpaired) electrons. The molecule has 7 heteroatoms. The van der Waals surface area contributed by atoms with Crippen LogP contribution in [-0.2, 0) is 10.0 Å². The summed E-state index contributed by atoms with van der Waals surface area (Å²) in [6, 6.07) is 13.7. The van der Waals surface area contributed by atoms with Gasteiger partial charge in [-0.2, -0.15) is 0 Å². The van der Waals surface area contributed by atoms with Crippen molar-refractivity contribution >= 4 is 27.5 Å². The number of thioether (sulfide) groups is 1. The van der Waals surface area contributed by atoms with Crippen LogP contribution in [0.15, 0.2) is 58.3 Å². The van der Waals surface area contributed by atoms with E-state index >= 15 is 0 Å². The maximum absolute atomic E-state index is 11.1. The lowest BCUT2D eigenvalue weighted by Crippen LogP contribution is -2.11. The quantitative estimate of drug-likeness (QED) is 0.482. The van der Waals surface area contributed by atoms with E-state index in [0.717, 1.165) is 16.3 Å². The van der Waals surface area contributed by atoms with Crippen LogP contribution in [0.4, 0.5) is 5.69 Å². The molecule has 0 aromatic heterocycles. The first-order valence-corrected chi connectivity index (χ1v) is 8.72. The standard InChI is InChI=1S/C14H16N2O3S2/c15-11-2-1-3-13(10-11)20-9-8-19-12-4-6-14(7-5-12)21(16,17)18/h1-7,10H,8-9,15H2,(H2,16,17,18). The van der Waals surface area contributed by atoms with Gasteiger partial charge < -0.3 is 10.5 Å². The molecule has 0 saturated carbocycles. The van der Waals surface area contributed by atoms with E-state index in [1.54, 1.807) is 23.9 Å². The highest BCUT2D eigenvalue weighted by molar-refractivity contribution is 7.99. The number of hydrogen-bond donors (Lipinski definition) is 2. The van der Waals surface area contributed by atoms with Crippen LogP contribution in [0, 0.1) is 0 Å². The number of nitrogens with two attached hydrogens (primary N) is 2. The molecule has 4 N–H and O–H groups in total. The van der Waals surface area contributed by atoms with Crippen LogP contribution in [0.25, 0.3) is 0 Å². The van der Waals surface area contributed by atoms with Crippen molar-refractivity contribution in [2.24, 2.45) is 5.14 Å². The van der Waals surface area contributed by atoms with Gasteiger partial charge in [0.15, 0.2) is 0 Å². The van der Waals surface area contributed by atoms with Crippen molar-refractivity contribution < 1.29 is 13.2 Å². The van der Waals surface area contributed by atoms with E-state index in [1.165, 1.54) is 12.1 Å². The van der Waals surface area contributed by atoms with Crippen LogP contribution >= 0.6 is 11.8 Å². The molecule has 21 heavy (non-hydrogen) atoms. The number of hydrogen-bond acceptors (Lipinski definition) is 5. The number of rotatable bonds is 6. The predicted molar refractivity (Wildman–Crippen MR) is 84.9 cm³/mol. The summed E-state index contributed by atoms with van der Waals surface area (Å²) in [6.07, 6.45) is 0. The highest BCUT2D eigenvalue weighted by atomic mass is 32.2. The Morgan fingerprint density at radius 1 is 1.10 bits per heavy atom. The van der Waals surface area contributed by atoms with E-state index in [1.807, 2.05) is 24.3 Å². The van der Waals surface area contributed by atoms with Gasteiger partial charge in [0.05, 0.1) is 11.5 Å². The van der Waals surface area contributed by atoms with Crippen LogP contribution in [0.5, 0.6) is 5.75 Å². The summed E-state index contributed by atoms with van der Waals surface area (Å²) in [6.45, 7) is 0.508. The van der Waals surface area contributed by atoms with E-state index < -0.39 is 10.0 Å². The van der Waals surface area contributed by atoms with E-state index in [0.29, 0.717) is 12.4 Å². The van der Waals surface area contributed by atoms with Crippen molar-refractivity contribution in [1.29, 1.82) is 0 Å². The minimum atomic E-state index is -3.66. The molecule has 0 saturated heterocycles. The summed E-state index contributed by atoms with van der Waals surface area (Å²) in [5.41, 5.74) is 6.43. The first-order valence-electron chi connectivity index (χ1n) is 6.19. The largest absolute Gasteiger partial charge is 0.493 e. The van der Waals surface area contributed by atoms with Gasteiger partial charge in [0.2, 0.25) is 10.0 Å². The Morgan fingerprint density at radius 3 is 2.43 bits per heavy atom. The summed E-state index contributed by atoms with van der Waals surface area (Å²) in [7, 11) is -3.66. The van der Waals surface area contributed by atoms with E-state index in [4.69, 9.17) is 15.6 Å². The molecule has 0 aliphatic carbocycles. The summed E-state index contributed by atoms with van der Waals surface area (Å²) < 4.78 is 27.8. The van der Waals surface area contributed by atoms with Crippen molar-refractivity contribution in [2.75, 3.05) is 18.1 Å². The number of ether oxygens (including phenoxy) is 1. The van der Waals surface area contributed by atoms with Gasteiger partial charge in [0.25, 0.3) is 0 Å². The van der Waals surface area contributed by atoms with Crippen molar-refractivity contribution in [2.45, 2.75) is 9.79 Å². The Kier molecular flexibility index (Phi) is 5.11. The smallest absolute Gasteiger partial charge is 0.238 e. The average molecular weight is 324 g/mol. The molecule has 0 bridgehead atoms. The van der Waals surface area contributed by atoms with Crippen molar-refractivity contribution in [3.63, 3.8) is 0 Å². The van der Waals surface area contributed by atoms with E-state index in [2.05, 4.69) is 0 Å². The summed E-state index contributed by atoms with van der Waals surface area (Å²) in [4.78, 5) is 1.16. The molecule has 2 aromatic rings. The van der Waals surface area contributed by atoms with Gasteiger partial charge in [0.1, 0.15) is 5.75 Å². The minimum absolute atomic E-state index is 0.0731. The molecule has 0 unspecified atom stereocenters. The molecule has 0 heterocycles. The lowest BCUT2D eigenvalue weighted by molar-refractivity contribution is 0.343. The summed E-state index contributed by atoms with van der Waals surface area (Å²) in [5.74, 6) is 1.37. The second-order valence-electron chi connectivity index (χ2n) is 4.29. The third-order valence-corrected chi connectivity index (χ3v) is 4.52. The van der Waals surface area contributed by atoms with E-state index in [9.17, 15) is 8.42 Å². The Bertz CT molecular complexity index is 700. The van der Waals surface area contributed by atoms with Gasteiger partial charge in [-0.3, -0.25) is 0 Å². The van der Waals surface area contributed by atoms with Gasteiger partial charge in [0, 0.05) is 16.3 Å². The lowest BCUT2D eigenvalue weighted by Gasteiger charge is -2.07. The Labute approximate surface area is 128 Å². The van der Waals surface area contributed by atoms with Gasteiger partial charge in [-0.25, -0.2) is 13.6 Å². The summed E-state index contributed by atoms with van der Waals surface area (Å²) >= 11 is 1.64. The normalized spacial score (nSPS) is 11.3. The molecule has 2 aromatic carbocycles. The monoisotopic (exact) mass is 324 g/mol. The van der Waals surface area contributed by atoms with Gasteiger partial charge in [-0.05, 0) is 42.5 Å². The average Bonchev–Trinajstić information content (AvgIpc) is 2.43. The van der Waals surface area contributed by atoms with Gasteiger partial charge >= 0.3 is 0 Å². The second-order valence-corrected chi connectivity index (χ2v) is 7.02. The van der Waals surface area contributed by atoms with Crippen molar-refractivity contribution in [3.05, 3.63) is 48.5 Å². The zero-order valence-electron chi connectivity index (χ0n) is 11.2. The minimum Gasteiger partial charge on any atom is -0.493 e. The molecule has 0 spiro atoms. The Hall–Kier alpha value is -1.70. The van der Waals surface area contributed by atoms with Crippen molar-refractivity contribution in [1.82, 2.24) is 0 Å².